The molecule has 0 saturated carbocycles. The monoisotopic (exact) mass is 305 g/mol. The summed E-state index contributed by atoms with van der Waals surface area (Å²) in [7, 11) is 0. The lowest BCUT2D eigenvalue weighted by Crippen LogP contribution is -2.32. The molecule has 0 atom stereocenters. The van der Waals surface area contributed by atoms with Crippen LogP contribution in [0.15, 0.2) is 12.5 Å². The van der Waals surface area contributed by atoms with Crippen molar-refractivity contribution in [2.24, 2.45) is 0 Å². The summed E-state index contributed by atoms with van der Waals surface area (Å²) in [5.74, 6) is 1.05. The van der Waals surface area contributed by atoms with Crippen molar-refractivity contribution < 1.29 is 0 Å². The molecule has 0 spiro atoms. The van der Waals surface area contributed by atoms with Crippen LogP contribution in [0, 0.1) is 3.57 Å². The van der Waals surface area contributed by atoms with Crippen LogP contribution < -0.4 is 4.90 Å². The average molecular weight is 305 g/mol. The van der Waals surface area contributed by atoms with Crippen molar-refractivity contribution in [1.82, 2.24) is 9.97 Å². The Morgan fingerprint density at radius 3 is 2.71 bits per heavy atom. The van der Waals surface area contributed by atoms with E-state index in [4.69, 9.17) is 0 Å². The lowest BCUT2D eigenvalue weighted by Gasteiger charge is -2.27. The minimum Gasteiger partial charge on any atom is -0.353 e. The first-order valence-electron chi connectivity index (χ1n) is 4.89. The maximum Gasteiger partial charge on any atom is 0.145 e. The lowest BCUT2D eigenvalue weighted by molar-refractivity contribution is 0.659. The van der Waals surface area contributed by atoms with Crippen LogP contribution in [0.3, 0.4) is 0 Å². The van der Waals surface area contributed by atoms with Crippen LogP contribution >= 0.6 is 22.6 Å². The summed E-state index contributed by atoms with van der Waals surface area (Å²) in [6.45, 7) is 7.61. The molecule has 0 N–H and O–H groups in total. The molecule has 4 heteroatoms. The summed E-state index contributed by atoms with van der Waals surface area (Å²) in [5.41, 5.74) is 0. The Labute approximate surface area is 99.1 Å². The Hall–Kier alpha value is -0.390. The molecule has 0 aliphatic rings. The molecule has 0 amide bonds. The first-order valence-corrected chi connectivity index (χ1v) is 5.96. The van der Waals surface area contributed by atoms with Crippen LogP contribution in [0.2, 0.25) is 0 Å². The van der Waals surface area contributed by atoms with E-state index in [1.165, 1.54) is 0 Å². The number of hydrogen-bond acceptors (Lipinski definition) is 3. The average Bonchev–Trinajstić information content (AvgIpc) is 2.15. The van der Waals surface area contributed by atoms with Crippen molar-refractivity contribution in [1.29, 1.82) is 0 Å². The third kappa shape index (κ3) is 2.80. The normalized spacial score (nSPS) is 10.6. The highest BCUT2D eigenvalue weighted by atomic mass is 127. The number of nitrogens with zero attached hydrogens (tertiary/aromatic N) is 3. The minimum absolute atomic E-state index is 0.485. The van der Waals surface area contributed by atoms with Gasteiger partial charge in [-0.3, -0.25) is 0 Å². The predicted molar refractivity (Wildman–Crippen MR) is 67.5 cm³/mol. The van der Waals surface area contributed by atoms with Crippen LogP contribution in [-0.2, 0) is 0 Å². The fraction of sp³-hybridized carbons (Fsp3) is 0.600. The molecule has 3 nitrogen and oxygen atoms in total. The van der Waals surface area contributed by atoms with Crippen LogP contribution in [0.1, 0.15) is 27.2 Å². The van der Waals surface area contributed by atoms with E-state index < -0.39 is 0 Å². The minimum atomic E-state index is 0.485. The zero-order valence-corrected chi connectivity index (χ0v) is 11.0. The molecule has 78 valence electrons. The van der Waals surface area contributed by atoms with Gasteiger partial charge in [-0.2, -0.15) is 0 Å². The van der Waals surface area contributed by atoms with E-state index in [0.29, 0.717) is 6.04 Å². The Morgan fingerprint density at radius 1 is 1.50 bits per heavy atom. The predicted octanol–water partition coefficient (Wildman–Crippen LogP) is 2.71. The van der Waals surface area contributed by atoms with Gasteiger partial charge in [-0.1, -0.05) is 6.92 Å². The number of hydrogen-bond donors (Lipinski definition) is 0. The van der Waals surface area contributed by atoms with Gasteiger partial charge in [0.2, 0.25) is 0 Å². The molecule has 0 unspecified atom stereocenters. The molecule has 1 aromatic heterocycles. The second kappa shape index (κ2) is 5.48. The first-order chi connectivity index (χ1) is 6.66. The standard InChI is InChI=1S/C10H16IN3/c1-4-5-14(8(2)3)10-9(11)6-12-7-13-10/h6-8H,4-5H2,1-3H3. The number of rotatable bonds is 4. The molecule has 1 rings (SSSR count). The van der Waals surface area contributed by atoms with Gasteiger partial charge in [0.25, 0.3) is 0 Å². The molecule has 0 aliphatic heterocycles. The third-order valence-corrected chi connectivity index (χ3v) is 2.77. The Balaban J connectivity index is 2.93. The van der Waals surface area contributed by atoms with Gasteiger partial charge in [-0.25, -0.2) is 9.97 Å². The van der Waals surface area contributed by atoms with Gasteiger partial charge in [0.05, 0.1) is 3.57 Å². The van der Waals surface area contributed by atoms with Gasteiger partial charge in [-0.05, 0) is 42.9 Å². The van der Waals surface area contributed by atoms with Gasteiger partial charge >= 0.3 is 0 Å². The molecule has 1 aromatic rings. The SMILES string of the molecule is CCCN(c1ncncc1I)C(C)C. The highest BCUT2D eigenvalue weighted by molar-refractivity contribution is 14.1. The number of aromatic nitrogens is 2. The Bertz CT molecular complexity index is 288. The maximum absolute atomic E-state index is 4.33. The summed E-state index contributed by atoms with van der Waals surface area (Å²) in [6, 6.07) is 0.485. The quantitative estimate of drug-likeness (QED) is 0.801. The van der Waals surface area contributed by atoms with E-state index in [9.17, 15) is 0 Å². The number of anilines is 1. The summed E-state index contributed by atoms with van der Waals surface area (Å²) in [4.78, 5) is 10.6. The molecule has 0 saturated heterocycles. The van der Waals surface area contributed by atoms with E-state index in [1.807, 2.05) is 6.20 Å². The first kappa shape index (κ1) is 11.7. The van der Waals surface area contributed by atoms with Crippen molar-refractivity contribution in [2.75, 3.05) is 11.4 Å². The van der Waals surface area contributed by atoms with Crippen LogP contribution in [0.5, 0.6) is 0 Å². The van der Waals surface area contributed by atoms with Gasteiger partial charge in [0.1, 0.15) is 12.1 Å². The molecule has 0 bridgehead atoms. The Morgan fingerprint density at radius 2 is 2.21 bits per heavy atom. The molecule has 1 heterocycles. The van der Waals surface area contributed by atoms with E-state index in [1.54, 1.807) is 6.33 Å². The highest BCUT2D eigenvalue weighted by Gasteiger charge is 2.13. The topological polar surface area (TPSA) is 29.0 Å². The van der Waals surface area contributed by atoms with Crippen molar-refractivity contribution in [3.8, 4) is 0 Å². The zero-order chi connectivity index (χ0) is 10.6. The van der Waals surface area contributed by atoms with E-state index >= 15 is 0 Å². The fourth-order valence-corrected chi connectivity index (χ4v) is 1.98. The highest BCUT2D eigenvalue weighted by Crippen LogP contribution is 2.20. The largest absolute Gasteiger partial charge is 0.353 e. The summed E-state index contributed by atoms with van der Waals surface area (Å²) in [5, 5.41) is 0. The third-order valence-electron chi connectivity index (χ3n) is 2.01. The maximum atomic E-state index is 4.33. The second-order valence-corrected chi connectivity index (χ2v) is 4.64. The van der Waals surface area contributed by atoms with Crippen molar-refractivity contribution >= 4 is 28.4 Å². The summed E-state index contributed by atoms with van der Waals surface area (Å²) < 4.78 is 1.12. The summed E-state index contributed by atoms with van der Waals surface area (Å²) in [6.07, 6.45) is 4.61. The van der Waals surface area contributed by atoms with Crippen molar-refractivity contribution in [3.05, 3.63) is 16.1 Å². The van der Waals surface area contributed by atoms with E-state index in [0.717, 1.165) is 22.4 Å². The molecule has 0 aromatic carbocycles. The van der Waals surface area contributed by atoms with Gasteiger partial charge in [-0.15, -0.1) is 0 Å². The molecule has 14 heavy (non-hydrogen) atoms. The molecule has 0 aliphatic carbocycles. The lowest BCUT2D eigenvalue weighted by atomic mass is 10.3. The van der Waals surface area contributed by atoms with Crippen molar-refractivity contribution in [3.63, 3.8) is 0 Å². The molecular weight excluding hydrogens is 289 g/mol. The fourth-order valence-electron chi connectivity index (χ4n) is 1.37. The molecule has 0 radical (unpaired) electrons. The van der Waals surface area contributed by atoms with Gasteiger partial charge in [0.15, 0.2) is 0 Å². The number of halogens is 1. The molecular formula is C10H16IN3. The Kier molecular flexibility index (Phi) is 4.57. The van der Waals surface area contributed by atoms with Crippen LogP contribution in [0.25, 0.3) is 0 Å². The van der Waals surface area contributed by atoms with Gasteiger partial charge < -0.3 is 4.90 Å². The van der Waals surface area contributed by atoms with Gasteiger partial charge in [0, 0.05) is 18.8 Å². The zero-order valence-electron chi connectivity index (χ0n) is 8.87. The van der Waals surface area contributed by atoms with E-state index in [-0.39, 0.29) is 0 Å². The van der Waals surface area contributed by atoms with E-state index in [2.05, 4.69) is 58.2 Å². The van der Waals surface area contributed by atoms with Crippen molar-refractivity contribution in [2.45, 2.75) is 33.2 Å². The van der Waals surface area contributed by atoms with Crippen LogP contribution in [0.4, 0.5) is 5.82 Å². The second-order valence-electron chi connectivity index (χ2n) is 3.48. The summed E-state index contributed by atoms with van der Waals surface area (Å²) >= 11 is 2.28. The van der Waals surface area contributed by atoms with Crippen LogP contribution in [-0.4, -0.2) is 22.6 Å². The molecule has 0 fully saturated rings. The smallest absolute Gasteiger partial charge is 0.145 e.